The van der Waals surface area contributed by atoms with Crippen molar-refractivity contribution in [3.63, 3.8) is 0 Å². The number of nitrogens with one attached hydrogen (secondary N) is 2. The molecule has 4 unspecified atom stereocenters. The van der Waals surface area contributed by atoms with E-state index in [1.54, 1.807) is 0 Å². The Morgan fingerprint density at radius 1 is 0.737 bits per heavy atom. The molecule has 2 amide bonds. The summed E-state index contributed by atoms with van der Waals surface area (Å²) in [7, 11) is 0. The molecule has 0 aromatic heterocycles. The summed E-state index contributed by atoms with van der Waals surface area (Å²) in [6, 6.07) is 15.5. The number of allylic oxidation sites excluding steroid dienone is 2. The summed E-state index contributed by atoms with van der Waals surface area (Å²) in [6.07, 6.45) is 4.50. The molecule has 0 saturated carbocycles. The van der Waals surface area contributed by atoms with E-state index in [0.717, 1.165) is 11.4 Å². The van der Waals surface area contributed by atoms with Gasteiger partial charge in [-0.15, -0.1) is 13.2 Å². The van der Waals surface area contributed by atoms with E-state index in [2.05, 4.69) is 75.8 Å². The van der Waals surface area contributed by atoms with E-state index >= 15 is 0 Å². The van der Waals surface area contributed by atoms with Gasteiger partial charge in [-0.1, -0.05) is 76.2 Å². The van der Waals surface area contributed by atoms with E-state index < -0.39 is 22.9 Å². The molecule has 3 fully saturated rings. The van der Waals surface area contributed by atoms with Gasteiger partial charge in [-0.2, -0.15) is 0 Å². The topological polar surface area (TPSA) is 64.7 Å². The van der Waals surface area contributed by atoms with Crippen LogP contribution in [0.5, 0.6) is 0 Å². The number of rotatable bonds is 4. The van der Waals surface area contributed by atoms with E-state index in [1.807, 2.05) is 46.2 Å². The Hall–Kier alpha value is -3.54. The summed E-state index contributed by atoms with van der Waals surface area (Å²) >= 11 is 0. The predicted octanol–water partition coefficient (Wildman–Crippen LogP) is 5.01. The third-order valence-electron chi connectivity index (χ3n) is 11.0. The number of para-hydroxylation sites is 2. The van der Waals surface area contributed by atoms with Gasteiger partial charge in [0.15, 0.2) is 0 Å². The predicted molar refractivity (Wildman–Crippen MR) is 150 cm³/mol. The molecule has 2 aromatic carbocycles. The molecule has 5 heterocycles. The number of carbonyl (C=O) groups is 2. The summed E-state index contributed by atoms with van der Waals surface area (Å²) in [5.74, 6) is 0.0733. The van der Waals surface area contributed by atoms with Crippen LogP contribution in [0.4, 0.5) is 11.4 Å². The number of fused-ring (bicyclic) bond motifs is 10. The Balaban J connectivity index is 1.38. The lowest BCUT2D eigenvalue weighted by Gasteiger charge is -2.45. The minimum Gasteiger partial charge on any atom is -0.364 e. The third kappa shape index (κ3) is 2.37. The Morgan fingerprint density at radius 3 is 1.47 bits per heavy atom. The lowest BCUT2D eigenvalue weighted by molar-refractivity contribution is -0.160. The molecule has 6 heteroatoms. The molecule has 0 spiro atoms. The van der Waals surface area contributed by atoms with Crippen LogP contribution in [0.3, 0.4) is 0 Å². The largest absolute Gasteiger partial charge is 0.364 e. The Labute approximate surface area is 224 Å². The molecule has 5 aliphatic heterocycles. The van der Waals surface area contributed by atoms with Gasteiger partial charge in [0.25, 0.3) is 0 Å². The molecule has 0 aliphatic carbocycles. The highest BCUT2D eigenvalue weighted by Gasteiger charge is 2.73. The molecule has 5 aliphatic rings. The van der Waals surface area contributed by atoms with Gasteiger partial charge in [-0.05, 0) is 46.9 Å². The van der Waals surface area contributed by atoms with Crippen molar-refractivity contribution in [3.8, 4) is 0 Å². The van der Waals surface area contributed by atoms with Crippen molar-refractivity contribution in [1.82, 2.24) is 9.80 Å². The fraction of sp³-hybridized carbons (Fsp3) is 0.438. The van der Waals surface area contributed by atoms with Crippen LogP contribution in [0.15, 0.2) is 73.8 Å². The minimum absolute atomic E-state index is 0.0366. The zero-order valence-electron chi connectivity index (χ0n) is 22.6. The summed E-state index contributed by atoms with van der Waals surface area (Å²) in [5.41, 5.74) is 2.80. The van der Waals surface area contributed by atoms with Gasteiger partial charge < -0.3 is 20.4 Å². The number of benzene rings is 2. The van der Waals surface area contributed by atoms with Gasteiger partial charge in [0, 0.05) is 22.2 Å². The maximum Gasteiger partial charge on any atom is 0.247 e. The Kier molecular flexibility index (Phi) is 4.40. The number of hydrogen-bond acceptors (Lipinski definition) is 4. The van der Waals surface area contributed by atoms with Crippen LogP contribution in [-0.2, 0) is 20.4 Å². The van der Waals surface area contributed by atoms with Crippen LogP contribution < -0.4 is 10.6 Å². The molecule has 6 nitrogen and oxygen atoms in total. The van der Waals surface area contributed by atoms with Crippen LogP contribution in [0, 0.1) is 10.8 Å². The van der Waals surface area contributed by atoms with Crippen molar-refractivity contribution in [2.45, 2.75) is 75.8 Å². The van der Waals surface area contributed by atoms with Gasteiger partial charge in [0.05, 0.1) is 0 Å². The number of anilines is 2. The third-order valence-corrected chi connectivity index (χ3v) is 11.0. The van der Waals surface area contributed by atoms with E-state index in [0.29, 0.717) is 12.8 Å². The first kappa shape index (κ1) is 23.6. The number of amides is 2. The van der Waals surface area contributed by atoms with Crippen LogP contribution >= 0.6 is 0 Å². The van der Waals surface area contributed by atoms with Gasteiger partial charge in [-0.25, -0.2) is 0 Å². The fourth-order valence-electron chi connectivity index (χ4n) is 8.66. The summed E-state index contributed by atoms with van der Waals surface area (Å²) in [4.78, 5) is 33.0. The highest BCUT2D eigenvalue weighted by atomic mass is 16.2. The van der Waals surface area contributed by atoms with Crippen molar-refractivity contribution in [1.29, 1.82) is 0 Å². The van der Waals surface area contributed by atoms with Crippen LogP contribution in [0.2, 0.25) is 0 Å². The maximum absolute atomic E-state index is 14.6. The molecule has 38 heavy (non-hydrogen) atoms. The first-order valence-electron chi connectivity index (χ1n) is 13.7. The number of hydrogen-bond donors (Lipinski definition) is 2. The second-order valence-corrected chi connectivity index (χ2v) is 12.9. The SMILES string of the molecule is C=CC(C)(C)[C@@]12CC3C(=O)N4C(C[C@@]5(C(C)(C)C=C)c6ccccc6NC45)C(=O)N3C1Nc1ccccc12. The molecule has 7 rings (SSSR count). The molecule has 6 atom stereocenters. The van der Waals surface area contributed by atoms with Crippen LogP contribution in [-0.4, -0.2) is 46.0 Å². The summed E-state index contributed by atoms with van der Waals surface area (Å²) < 4.78 is 0. The molecule has 0 bridgehead atoms. The first-order chi connectivity index (χ1) is 18.1. The van der Waals surface area contributed by atoms with Crippen molar-refractivity contribution in [3.05, 3.63) is 85.0 Å². The highest BCUT2D eigenvalue weighted by Crippen LogP contribution is 2.64. The van der Waals surface area contributed by atoms with Gasteiger partial charge in [0.2, 0.25) is 11.8 Å². The molecular formula is C32H36N4O2. The standard InChI is InChI=1S/C32H36N4O2/c1-7-29(3,4)31-17-23-25(37)36-24(26(38)35(23)27(31)33-21-15-11-9-13-19(21)31)18-32(30(5,6)8-2)20-14-10-12-16-22(20)34-28(32)36/h7-16,23-24,27-28,33-34H,1-2,17-18H2,3-6H3/t23?,24?,27?,28?,31-,32-/m1/s1. The molecular weight excluding hydrogens is 472 g/mol. The van der Waals surface area contributed by atoms with Gasteiger partial charge in [0.1, 0.15) is 24.4 Å². The van der Waals surface area contributed by atoms with Crippen LogP contribution in [0.25, 0.3) is 0 Å². The second kappa shape index (κ2) is 7.10. The van der Waals surface area contributed by atoms with Gasteiger partial charge >= 0.3 is 0 Å². The summed E-state index contributed by atoms with van der Waals surface area (Å²) in [5, 5.41) is 7.36. The number of piperazine rings is 1. The summed E-state index contributed by atoms with van der Waals surface area (Å²) in [6.45, 7) is 17.1. The Bertz CT molecular complexity index is 1320. The molecule has 196 valence electrons. The Morgan fingerprint density at radius 2 is 1.11 bits per heavy atom. The highest BCUT2D eigenvalue weighted by molar-refractivity contribution is 6.00. The average Bonchev–Trinajstić information content (AvgIpc) is 3.62. The molecule has 0 radical (unpaired) electrons. The molecule has 2 aromatic rings. The number of carbonyl (C=O) groups excluding carboxylic acids is 2. The van der Waals surface area contributed by atoms with E-state index in [-0.39, 0.29) is 35.0 Å². The van der Waals surface area contributed by atoms with Crippen molar-refractivity contribution >= 4 is 23.2 Å². The van der Waals surface area contributed by atoms with Gasteiger partial charge in [-0.3, -0.25) is 9.59 Å². The quantitative estimate of drug-likeness (QED) is 0.570. The van der Waals surface area contributed by atoms with Crippen LogP contribution in [0.1, 0.15) is 51.7 Å². The minimum atomic E-state index is -0.531. The van der Waals surface area contributed by atoms with E-state index in [1.165, 1.54) is 11.1 Å². The molecule has 2 N–H and O–H groups in total. The lowest BCUT2D eigenvalue weighted by atomic mass is 9.60. The smallest absolute Gasteiger partial charge is 0.247 e. The number of nitrogens with zero attached hydrogens (tertiary/aromatic N) is 2. The average molecular weight is 509 g/mol. The normalized spacial score (nSPS) is 34.4. The van der Waals surface area contributed by atoms with Crippen molar-refractivity contribution < 1.29 is 9.59 Å². The second-order valence-electron chi connectivity index (χ2n) is 12.9. The zero-order valence-corrected chi connectivity index (χ0v) is 22.6. The van der Waals surface area contributed by atoms with E-state index in [9.17, 15) is 9.59 Å². The van der Waals surface area contributed by atoms with Crippen molar-refractivity contribution in [2.24, 2.45) is 10.8 Å². The maximum atomic E-state index is 14.6. The first-order valence-corrected chi connectivity index (χ1v) is 13.7. The van der Waals surface area contributed by atoms with E-state index in [4.69, 9.17) is 0 Å². The lowest BCUT2D eigenvalue weighted by Crippen LogP contribution is -2.66. The fourth-order valence-corrected chi connectivity index (χ4v) is 8.66. The van der Waals surface area contributed by atoms with Crippen molar-refractivity contribution in [2.75, 3.05) is 10.6 Å². The monoisotopic (exact) mass is 508 g/mol. The molecule has 3 saturated heterocycles. The zero-order chi connectivity index (χ0) is 26.8.